The lowest BCUT2D eigenvalue weighted by Gasteiger charge is -2.21. The molecule has 0 unspecified atom stereocenters. The van der Waals surface area contributed by atoms with E-state index in [1.807, 2.05) is 0 Å². The van der Waals surface area contributed by atoms with E-state index in [1.54, 1.807) is 23.1 Å². The summed E-state index contributed by atoms with van der Waals surface area (Å²) in [5.41, 5.74) is 2.00. The highest BCUT2D eigenvalue weighted by molar-refractivity contribution is 5.81. The topological polar surface area (TPSA) is 55.6 Å². The molecule has 140 valence electrons. The van der Waals surface area contributed by atoms with Crippen LogP contribution in [0.1, 0.15) is 24.8 Å². The molecule has 0 bridgehead atoms. The number of fused-ring (bicyclic) bond motifs is 1. The van der Waals surface area contributed by atoms with Gasteiger partial charge in [0, 0.05) is 25.3 Å². The van der Waals surface area contributed by atoms with Crippen molar-refractivity contribution in [2.45, 2.75) is 18.9 Å². The minimum absolute atomic E-state index is 0.0186. The van der Waals surface area contributed by atoms with Gasteiger partial charge in [0.2, 0.25) is 11.8 Å². The van der Waals surface area contributed by atoms with Crippen molar-refractivity contribution in [1.82, 2.24) is 9.88 Å². The van der Waals surface area contributed by atoms with Crippen LogP contribution in [-0.4, -0.2) is 36.1 Å². The summed E-state index contributed by atoms with van der Waals surface area (Å²) >= 11 is 0. The molecule has 0 N–H and O–H groups in total. The number of likely N-dealkylation sites (tertiary alicyclic amines) is 1. The van der Waals surface area contributed by atoms with Gasteiger partial charge >= 0.3 is 0 Å². The zero-order chi connectivity index (χ0) is 19.0. The van der Waals surface area contributed by atoms with Gasteiger partial charge in [0.25, 0.3) is 0 Å². The molecule has 4 rings (SSSR count). The first-order valence-electron chi connectivity index (χ1n) is 8.71. The highest BCUT2D eigenvalue weighted by Crippen LogP contribution is 2.34. The summed E-state index contributed by atoms with van der Waals surface area (Å²) in [6.45, 7) is 0.655. The number of oxazole rings is 1. The van der Waals surface area contributed by atoms with Crippen LogP contribution in [0, 0.1) is 11.6 Å². The number of ether oxygens (including phenoxy) is 1. The summed E-state index contributed by atoms with van der Waals surface area (Å²) in [7, 11) is 1.48. The second-order valence-electron chi connectivity index (χ2n) is 6.54. The second-order valence-corrected chi connectivity index (χ2v) is 6.54. The van der Waals surface area contributed by atoms with E-state index in [9.17, 15) is 13.6 Å². The van der Waals surface area contributed by atoms with E-state index in [4.69, 9.17) is 9.15 Å². The van der Waals surface area contributed by atoms with E-state index in [0.29, 0.717) is 34.7 Å². The Morgan fingerprint density at radius 2 is 2.15 bits per heavy atom. The monoisotopic (exact) mass is 372 g/mol. The molecule has 1 aliphatic rings. The van der Waals surface area contributed by atoms with Crippen molar-refractivity contribution in [1.29, 1.82) is 0 Å². The number of carbonyl (C=O) groups excluding carboxylic acids is 1. The first-order valence-corrected chi connectivity index (χ1v) is 8.71. The van der Waals surface area contributed by atoms with Gasteiger partial charge in [-0.3, -0.25) is 4.79 Å². The number of halogens is 2. The van der Waals surface area contributed by atoms with E-state index < -0.39 is 11.6 Å². The molecule has 5 nitrogen and oxygen atoms in total. The molecular weight excluding hydrogens is 354 g/mol. The predicted molar refractivity (Wildman–Crippen MR) is 94.9 cm³/mol. The summed E-state index contributed by atoms with van der Waals surface area (Å²) in [4.78, 5) is 18.4. The van der Waals surface area contributed by atoms with Crippen LogP contribution < -0.4 is 0 Å². The summed E-state index contributed by atoms with van der Waals surface area (Å²) in [6, 6.07) is 8.35. The molecular formula is C20H18F2N2O3. The number of carbonyl (C=O) groups is 1. The highest BCUT2D eigenvalue weighted by atomic mass is 19.1. The molecule has 1 saturated heterocycles. The zero-order valence-electron chi connectivity index (χ0n) is 14.7. The first-order chi connectivity index (χ1) is 13.1. The lowest BCUT2D eigenvalue weighted by atomic mass is 10.0. The fourth-order valence-corrected chi connectivity index (χ4v) is 3.51. The average Bonchev–Trinajstić information content (AvgIpc) is 3.28. The maximum atomic E-state index is 14.1. The van der Waals surface area contributed by atoms with Gasteiger partial charge in [-0.2, -0.15) is 0 Å². The zero-order valence-corrected chi connectivity index (χ0v) is 14.7. The Balaban J connectivity index is 1.68. The normalized spacial score (nSPS) is 17.0. The Hall–Kier alpha value is -2.80. The number of aromatic nitrogens is 1. The van der Waals surface area contributed by atoms with Gasteiger partial charge in [-0.05, 0) is 42.7 Å². The molecule has 7 heteroatoms. The number of hydrogen-bond acceptors (Lipinski definition) is 4. The molecule has 0 spiro atoms. The van der Waals surface area contributed by atoms with Gasteiger partial charge in [-0.1, -0.05) is 6.07 Å². The van der Waals surface area contributed by atoms with E-state index in [0.717, 1.165) is 18.9 Å². The molecule has 2 aromatic carbocycles. The second kappa shape index (κ2) is 7.08. The van der Waals surface area contributed by atoms with Crippen molar-refractivity contribution in [3.8, 4) is 11.1 Å². The smallest absolute Gasteiger partial charge is 0.249 e. The Morgan fingerprint density at radius 1 is 1.30 bits per heavy atom. The number of rotatable bonds is 4. The summed E-state index contributed by atoms with van der Waals surface area (Å²) in [5.74, 6) is -0.895. The van der Waals surface area contributed by atoms with Gasteiger partial charge < -0.3 is 14.1 Å². The first kappa shape index (κ1) is 17.6. The standard InChI is InChI=1S/C20H18F2N2O3/c1-26-11-19(25)24-8-2-3-17(24)20-23-16-9-12(4-7-18(16)27-20)14-6-5-13(21)10-15(14)22/h4-7,9-10,17H,2-3,8,11H2,1H3/t17-/m1/s1. The van der Waals surface area contributed by atoms with Gasteiger partial charge in [0.05, 0.1) is 0 Å². The number of benzene rings is 2. The quantitative estimate of drug-likeness (QED) is 0.692. The molecule has 0 saturated carbocycles. The molecule has 0 aliphatic carbocycles. The Bertz CT molecular complexity index is 1000. The van der Waals surface area contributed by atoms with Crippen molar-refractivity contribution in [2.24, 2.45) is 0 Å². The van der Waals surface area contributed by atoms with Crippen molar-refractivity contribution in [3.63, 3.8) is 0 Å². The summed E-state index contributed by atoms with van der Waals surface area (Å²) in [6.07, 6.45) is 1.63. The van der Waals surface area contributed by atoms with E-state index in [1.165, 1.54) is 19.2 Å². The van der Waals surface area contributed by atoms with Gasteiger partial charge in [-0.25, -0.2) is 13.8 Å². The summed E-state index contributed by atoms with van der Waals surface area (Å²) < 4.78 is 38.0. The van der Waals surface area contributed by atoms with Crippen molar-refractivity contribution in [3.05, 3.63) is 53.9 Å². The lowest BCUT2D eigenvalue weighted by Crippen LogP contribution is -2.33. The third-order valence-electron chi connectivity index (χ3n) is 4.77. The van der Waals surface area contributed by atoms with E-state index in [-0.39, 0.29) is 18.6 Å². The van der Waals surface area contributed by atoms with Crippen LogP contribution >= 0.6 is 0 Å². The van der Waals surface area contributed by atoms with Crippen LogP contribution in [-0.2, 0) is 9.53 Å². The van der Waals surface area contributed by atoms with E-state index in [2.05, 4.69) is 4.98 Å². The Labute approximate surface area is 154 Å². The Kier molecular flexibility index (Phi) is 4.61. The fourth-order valence-electron chi connectivity index (χ4n) is 3.51. The van der Waals surface area contributed by atoms with Crippen LogP contribution in [0.5, 0.6) is 0 Å². The third kappa shape index (κ3) is 3.30. The maximum absolute atomic E-state index is 14.1. The lowest BCUT2D eigenvalue weighted by molar-refractivity contribution is -0.136. The van der Waals surface area contributed by atoms with Crippen LogP contribution in [0.2, 0.25) is 0 Å². The fraction of sp³-hybridized carbons (Fsp3) is 0.300. The molecule has 1 amide bonds. The van der Waals surface area contributed by atoms with Gasteiger partial charge in [0.15, 0.2) is 5.58 Å². The average molecular weight is 372 g/mol. The van der Waals surface area contributed by atoms with Gasteiger partial charge in [0.1, 0.15) is 29.8 Å². The summed E-state index contributed by atoms with van der Waals surface area (Å²) in [5, 5.41) is 0. The van der Waals surface area contributed by atoms with Crippen molar-refractivity contribution in [2.75, 3.05) is 20.3 Å². The van der Waals surface area contributed by atoms with Crippen LogP contribution in [0.25, 0.3) is 22.2 Å². The number of methoxy groups -OCH3 is 1. The van der Waals surface area contributed by atoms with E-state index >= 15 is 0 Å². The number of amides is 1. The van der Waals surface area contributed by atoms with Crippen LogP contribution in [0.15, 0.2) is 40.8 Å². The van der Waals surface area contributed by atoms with Crippen LogP contribution in [0.3, 0.4) is 0 Å². The Morgan fingerprint density at radius 3 is 2.93 bits per heavy atom. The molecule has 0 radical (unpaired) electrons. The minimum Gasteiger partial charge on any atom is -0.438 e. The predicted octanol–water partition coefficient (Wildman–Crippen LogP) is 4.08. The van der Waals surface area contributed by atoms with Gasteiger partial charge in [-0.15, -0.1) is 0 Å². The largest absolute Gasteiger partial charge is 0.438 e. The third-order valence-corrected chi connectivity index (χ3v) is 4.77. The SMILES string of the molecule is COCC(=O)N1CCC[C@@H]1c1nc2cc(-c3ccc(F)cc3F)ccc2o1. The minimum atomic E-state index is -0.634. The number of nitrogens with zero attached hydrogens (tertiary/aromatic N) is 2. The molecule has 1 aromatic heterocycles. The number of hydrogen-bond donors (Lipinski definition) is 0. The van der Waals surface area contributed by atoms with Crippen LogP contribution in [0.4, 0.5) is 8.78 Å². The highest BCUT2D eigenvalue weighted by Gasteiger charge is 2.33. The molecule has 27 heavy (non-hydrogen) atoms. The van der Waals surface area contributed by atoms with Crippen molar-refractivity contribution >= 4 is 17.0 Å². The molecule has 1 fully saturated rings. The maximum Gasteiger partial charge on any atom is 0.249 e. The molecule has 1 aliphatic heterocycles. The molecule has 1 atom stereocenters. The molecule has 2 heterocycles. The van der Waals surface area contributed by atoms with Crippen molar-refractivity contribution < 1.29 is 22.7 Å². The molecule has 3 aromatic rings.